The van der Waals surface area contributed by atoms with Crippen molar-refractivity contribution in [3.8, 4) is 5.75 Å². The van der Waals surface area contributed by atoms with Crippen molar-refractivity contribution in [1.82, 2.24) is 4.90 Å². The highest BCUT2D eigenvalue weighted by molar-refractivity contribution is 6.08. The van der Waals surface area contributed by atoms with E-state index in [1.165, 1.54) is 12.0 Å². The third-order valence-electron chi connectivity index (χ3n) is 3.90. The zero-order valence-electron chi connectivity index (χ0n) is 14.0. The lowest BCUT2D eigenvalue weighted by Crippen LogP contribution is -2.31. The lowest BCUT2D eigenvalue weighted by Gasteiger charge is -2.16. The summed E-state index contributed by atoms with van der Waals surface area (Å²) in [5.41, 5.74) is 1.56. The molecule has 1 aromatic rings. The Bertz CT molecular complexity index is 682. The molecule has 0 unspecified atom stereocenters. The summed E-state index contributed by atoms with van der Waals surface area (Å²) < 4.78 is 4.73. The van der Waals surface area contributed by atoms with E-state index >= 15 is 0 Å². The fraction of sp³-hybridized carbons (Fsp3) is 0.412. The smallest absolute Gasteiger partial charge is 0.337 e. The number of rotatable bonds is 6. The first-order valence-corrected chi connectivity index (χ1v) is 7.70. The number of phenolic OH excluding ortho intramolecular Hbond substituents is 1. The molecule has 0 aliphatic carbocycles. The molecule has 3 N–H and O–H groups in total. The number of methoxy groups -OCH3 is 1. The number of hydrogen-bond donors (Lipinski definition) is 3. The van der Waals surface area contributed by atoms with Crippen LogP contribution in [0.1, 0.15) is 25.3 Å². The summed E-state index contributed by atoms with van der Waals surface area (Å²) in [5.74, 6) is -0.820. The number of amides is 1. The number of benzene rings is 1. The Labute approximate surface area is 140 Å². The average Bonchev–Trinajstić information content (AvgIpc) is 2.85. The van der Waals surface area contributed by atoms with Crippen LogP contribution in [-0.4, -0.2) is 53.8 Å². The molecule has 1 aromatic carbocycles. The number of nitrogens with zero attached hydrogens (tertiary/aromatic N) is 1. The van der Waals surface area contributed by atoms with Crippen LogP contribution in [0.25, 0.3) is 0 Å². The van der Waals surface area contributed by atoms with Gasteiger partial charge in [0.15, 0.2) is 0 Å². The number of phenols is 1. The predicted octanol–water partition coefficient (Wildman–Crippen LogP) is 1.19. The molecule has 7 nitrogen and oxygen atoms in total. The zero-order valence-corrected chi connectivity index (χ0v) is 14.0. The summed E-state index contributed by atoms with van der Waals surface area (Å²) in [7, 11) is 1.24. The Morgan fingerprint density at radius 3 is 2.71 bits per heavy atom. The predicted molar refractivity (Wildman–Crippen MR) is 88.5 cm³/mol. The first-order valence-electron chi connectivity index (χ1n) is 7.70. The second kappa shape index (κ2) is 7.35. The molecule has 7 heteroatoms. The number of aliphatic hydroxyl groups excluding tert-OH is 1. The number of ether oxygens (including phenoxy) is 1. The van der Waals surface area contributed by atoms with Crippen LogP contribution in [0.2, 0.25) is 0 Å². The van der Waals surface area contributed by atoms with Gasteiger partial charge in [0.2, 0.25) is 0 Å². The summed E-state index contributed by atoms with van der Waals surface area (Å²) in [4.78, 5) is 25.8. The molecule has 0 fully saturated rings. The molecule has 0 bridgehead atoms. The van der Waals surface area contributed by atoms with Crippen LogP contribution in [-0.2, 0) is 14.3 Å². The van der Waals surface area contributed by atoms with E-state index < -0.39 is 11.9 Å². The van der Waals surface area contributed by atoms with E-state index in [2.05, 4.69) is 5.32 Å². The molecule has 0 saturated carbocycles. The number of carbonyl (C=O) groups excluding carboxylic acids is 2. The van der Waals surface area contributed by atoms with Gasteiger partial charge in [-0.2, -0.15) is 0 Å². The van der Waals surface area contributed by atoms with Crippen LogP contribution in [0.5, 0.6) is 5.75 Å². The topological polar surface area (TPSA) is 99.1 Å². The molecule has 1 aliphatic heterocycles. The van der Waals surface area contributed by atoms with Gasteiger partial charge in [-0.25, -0.2) is 4.79 Å². The van der Waals surface area contributed by atoms with Gasteiger partial charge in [0.25, 0.3) is 5.91 Å². The zero-order chi connectivity index (χ0) is 17.9. The fourth-order valence-electron chi connectivity index (χ4n) is 2.50. The van der Waals surface area contributed by atoms with Gasteiger partial charge in [0.05, 0.1) is 31.5 Å². The largest absolute Gasteiger partial charge is 0.506 e. The van der Waals surface area contributed by atoms with Crippen molar-refractivity contribution in [3.05, 3.63) is 35.0 Å². The van der Waals surface area contributed by atoms with E-state index in [-0.39, 0.29) is 42.6 Å². The van der Waals surface area contributed by atoms with Crippen molar-refractivity contribution in [2.45, 2.75) is 19.8 Å². The summed E-state index contributed by atoms with van der Waals surface area (Å²) in [6.45, 7) is 3.99. The quantitative estimate of drug-likeness (QED) is 0.534. The van der Waals surface area contributed by atoms with E-state index in [1.807, 2.05) is 13.8 Å². The molecule has 1 heterocycles. The molecule has 0 aromatic heterocycles. The Balaban J connectivity index is 2.38. The fourth-order valence-corrected chi connectivity index (χ4v) is 2.50. The molecular weight excluding hydrogens is 312 g/mol. The van der Waals surface area contributed by atoms with E-state index in [9.17, 15) is 14.7 Å². The highest BCUT2D eigenvalue weighted by Crippen LogP contribution is 2.31. The van der Waals surface area contributed by atoms with Crippen LogP contribution in [0, 0.1) is 0 Å². The number of aliphatic hydroxyl groups is 1. The summed E-state index contributed by atoms with van der Waals surface area (Å²) in [6.07, 6.45) is 0. The Kier molecular flexibility index (Phi) is 5.46. The van der Waals surface area contributed by atoms with Gasteiger partial charge in [0.1, 0.15) is 11.4 Å². The monoisotopic (exact) mass is 334 g/mol. The second-order valence-corrected chi connectivity index (χ2v) is 5.85. The molecular formula is C17H22N2O5. The molecule has 130 valence electrons. The van der Waals surface area contributed by atoms with Crippen LogP contribution in [0.15, 0.2) is 29.5 Å². The second-order valence-electron chi connectivity index (χ2n) is 5.85. The number of nitrogens with one attached hydrogen (secondary N) is 1. The van der Waals surface area contributed by atoms with Gasteiger partial charge < -0.3 is 25.2 Å². The van der Waals surface area contributed by atoms with Crippen LogP contribution in [0.3, 0.4) is 0 Å². The van der Waals surface area contributed by atoms with E-state index in [4.69, 9.17) is 9.84 Å². The van der Waals surface area contributed by atoms with Crippen LogP contribution >= 0.6 is 0 Å². The highest BCUT2D eigenvalue weighted by atomic mass is 16.5. The van der Waals surface area contributed by atoms with Gasteiger partial charge in [0, 0.05) is 6.54 Å². The maximum absolute atomic E-state index is 12.5. The molecule has 1 aliphatic rings. The summed E-state index contributed by atoms with van der Waals surface area (Å²) in [5, 5.41) is 22.0. The molecule has 0 saturated heterocycles. The van der Waals surface area contributed by atoms with Crippen molar-refractivity contribution < 1.29 is 24.5 Å². The van der Waals surface area contributed by atoms with Crippen molar-refractivity contribution in [2.24, 2.45) is 0 Å². The van der Waals surface area contributed by atoms with Crippen molar-refractivity contribution in [1.29, 1.82) is 0 Å². The number of esters is 1. The van der Waals surface area contributed by atoms with Crippen molar-refractivity contribution >= 4 is 17.6 Å². The van der Waals surface area contributed by atoms with E-state index in [0.717, 1.165) is 5.56 Å². The number of hydrogen-bond acceptors (Lipinski definition) is 6. The summed E-state index contributed by atoms with van der Waals surface area (Å²) >= 11 is 0. The minimum Gasteiger partial charge on any atom is -0.506 e. The third-order valence-corrected chi connectivity index (χ3v) is 3.90. The van der Waals surface area contributed by atoms with E-state index in [0.29, 0.717) is 5.69 Å². The number of β-amino-alcohol motifs (C(OH)–C–C–N with tert-alkyl or cyclic N) is 1. The molecule has 2 rings (SSSR count). The van der Waals surface area contributed by atoms with Gasteiger partial charge in [-0.3, -0.25) is 4.79 Å². The Hall–Kier alpha value is -2.54. The minimum atomic E-state index is -0.620. The maximum Gasteiger partial charge on any atom is 0.337 e. The molecule has 1 amide bonds. The van der Waals surface area contributed by atoms with Crippen molar-refractivity contribution in [2.75, 3.05) is 32.1 Å². The SMILES string of the molecule is COC(=O)C1=C(Nc2cc(C(C)C)ccc2O)C(=O)N(CCO)C1. The molecule has 0 spiro atoms. The first-order chi connectivity index (χ1) is 11.4. The van der Waals surface area contributed by atoms with E-state index in [1.54, 1.807) is 18.2 Å². The Morgan fingerprint density at radius 2 is 2.12 bits per heavy atom. The first kappa shape index (κ1) is 17.8. The van der Waals surface area contributed by atoms with Crippen LogP contribution < -0.4 is 5.32 Å². The molecule has 0 atom stereocenters. The number of anilines is 1. The standard InChI is InChI=1S/C17H22N2O5/c1-10(2)11-4-5-14(21)13(8-11)18-15-12(17(23)24-3)9-19(6-7-20)16(15)22/h4-5,8,10,18,20-21H,6-7,9H2,1-3H3. The molecule has 24 heavy (non-hydrogen) atoms. The minimum absolute atomic E-state index is 0.0236. The van der Waals surface area contributed by atoms with Gasteiger partial charge in [-0.15, -0.1) is 0 Å². The normalized spacial score (nSPS) is 14.5. The Morgan fingerprint density at radius 1 is 1.42 bits per heavy atom. The van der Waals surface area contributed by atoms with Gasteiger partial charge >= 0.3 is 5.97 Å². The number of carbonyl (C=O) groups is 2. The van der Waals surface area contributed by atoms with Crippen molar-refractivity contribution in [3.63, 3.8) is 0 Å². The lowest BCUT2D eigenvalue weighted by molar-refractivity contribution is -0.136. The average molecular weight is 334 g/mol. The van der Waals surface area contributed by atoms with Gasteiger partial charge in [-0.05, 0) is 23.6 Å². The highest BCUT2D eigenvalue weighted by Gasteiger charge is 2.34. The lowest BCUT2D eigenvalue weighted by atomic mass is 10.0. The maximum atomic E-state index is 12.5. The third kappa shape index (κ3) is 3.51. The molecule has 0 radical (unpaired) electrons. The summed E-state index contributed by atoms with van der Waals surface area (Å²) in [6, 6.07) is 5.08. The van der Waals surface area contributed by atoms with Crippen LogP contribution in [0.4, 0.5) is 5.69 Å². The number of aromatic hydroxyl groups is 1. The van der Waals surface area contributed by atoms with Gasteiger partial charge in [-0.1, -0.05) is 19.9 Å².